The number of thioether (sulfide) groups is 1. The van der Waals surface area contributed by atoms with E-state index in [9.17, 15) is 14.4 Å². The van der Waals surface area contributed by atoms with Crippen molar-refractivity contribution in [1.29, 1.82) is 0 Å². The molecule has 0 bridgehead atoms. The number of ether oxygens (including phenoxy) is 1. The minimum Gasteiger partial charge on any atom is -0.497 e. The molecule has 156 valence electrons. The molecule has 3 amide bonds. The zero-order valence-corrected chi connectivity index (χ0v) is 18.0. The topological polar surface area (TPSA) is 75.7 Å². The van der Waals surface area contributed by atoms with Gasteiger partial charge in [-0.25, -0.2) is 0 Å². The van der Waals surface area contributed by atoms with Crippen molar-refractivity contribution >= 4 is 46.5 Å². The van der Waals surface area contributed by atoms with Crippen molar-refractivity contribution in [3.8, 4) is 5.75 Å². The Morgan fingerprint density at radius 3 is 2.50 bits per heavy atom. The molecular weight excluding hydrogens is 424 g/mol. The molecule has 1 aliphatic heterocycles. The number of amides is 3. The molecule has 1 saturated heterocycles. The number of carbonyl (C=O) groups is 3. The lowest BCUT2D eigenvalue weighted by Gasteiger charge is -2.13. The van der Waals surface area contributed by atoms with Crippen LogP contribution in [0.4, 0.5) is 4.79 Å². The van der Waals surface area contributed by atoms with E-state index in [-0.39, 0.29) is 30.1 Å². The second-order valence-electron chi connectivity index (χ2n) is 6.58. The molecule has 2 aromatic rings. The Labute approximate surface area is 184 Å². The molecule has 0 atom stereocenters. The van der Waals surface area contributed by atoms with Crippen molar-refractivity contribution in [3.05, 3.63) is 69.6 Å². The van der Waals surface area contributed by atoms with Gasteiger partial charge in [-0.3, -0.25) is 19.3 Å². The first-order valence-corrected chi connectivity index (χ1v) is 10.6. The van der Waals surface area contributed by atoms with Crippen LogP contribution in [0.15, 0.2) is 53.4 Å². The van der Waals surface area contributed by atoms with Crippen molar-refractivity contribution in [2.45, 2.75) is 12.8 Å². The fraction of sp³-hybridized carbons (Fsp3) is 0.227. The monoisotopic (exact) mass is 444 g/mol. The summed E-state index contributed by atoms with van der Waals surface area (Å²) in [7, 11) is 1.60. The van der Waals surface area contributed by atoms with E-state index < -0.39 is 0 Å². The van der Waals surface area contributed by atoms with E-state index in [2.05, 4.69) is 5.32 Å². The average Bonchev–Trinajstić information content (AvgIpc) is 3.01. The van der Waals surface area contributed by atoms with Gasteiger partial charge in [-0.05, 0) is 59.7 Å². The minimum absolute atomic E-state index is 0.130. The van der Waals surface area contributed by atoms with Gasteiger partial charge >= 0.3 is 0 Å². The van der Waals surface area contributed by atoms with E-state index in [4.69, 9.17) is 16.3 Å². The lowest BCUT2D eigenvalue weighted by molar-refractivity contribution is -0.124. The molecule has 0 aromatic heterocycles. The van der Waals surface area contributed by atoms with Gasteiger partial charge < -0.3 is 10.1 Å². The zero-order chi connectivity index (χ0) is 21.5. The van der Waals surface area contributed by atoms with Crippen molar-refractivity contribution in [1.82, 2.24) is 10.2 Å². The number of hydrogen-bond acceptors (Lipinski definition) is 5. The number of methoxy groups -OCH3 is 1. The quantitative estimate of drug-likeness (QED) is 0.619. The van der Waals surface area contributed by atoms with Crippen molar-refractivity contribution < 1.29 is 19.1 Å². The molecular formula is C22H21ClN2O4S. The van der Waals surface area contributed by atoms with Crippen molar-refractivity contribution in [2.24, 2.45) is 0 Å². The maximum absolute atomic E-state index is 12.5. The highest BCUT2D eigenvalue weighted by atomic mass is 35.5. The Morgan fingerprint density at radius 2 is 1.83 bits per heavy atom. The smallest absolute Gasteiger partial charge is 0.293 e. The molecule has 2 aromatic carbocycles. The molecule has 1 N–H and O–H groups in total. The number of aryl methyl sites for hydroxylation is 1. The molecule has 30 heavy (non-hydrogen) atoms. The number of nitrogens with zero attached hydrogens (tertiary/aromatic N) is 1. The molecule has 0 aliphatic carbocycles. The van der Waals surface area contributed by atoms with Crippen LogP contribution in [0.2, 0.25) is 5.02 Å². The van der Waals surface area contributed by atoms with E-state index in [1.807, 2.05) is 24.3 Å². The van der Waals surface area contributed by atoms with Gasteiger partial charge in [0.25, 0.3) is 11.1 Å². The number of nitrogens with one attached hydrogen (secondary N) is 1. The van der Waals surface area contributed by atoms with Crippen molar-refractivity contribution in [2.75, 3.05) is 20.2 Å². The number of hydrogen-bond donors (Lipinski definition) is 1. The third-order valence-corrected chi connectivity index (χ3v) is 5.66. The molecule has 0 radical (unpaired) electrons. The molecule has 0 saturated carbocycles. The van der Waals surface area contributed by atoms with Crippen LogP contribution in [0.3, 0.4) is 0 Å². The maximum atomic E-state index is 12.5. The largest absolute Gasteiger partial charge is 0.497 e. The maximum Gasteiger partial charge on any atom is 0.293 e. The number of carbonyl (C=O) groups excluding carboxylic acids is 3. The summed E-state index contributed by atoms with van der Waals surface area (Å²) in [5, 5.41) is 3.02. The molecule has 0 unspecified atom stereocenters. The highest BCUT2D eigenvalue weighted by Crippen LogP contribution is 2.32. The zero-order valence-electron chi connectivity index (χ0n) is 16.4. The summed E-state index contributed by atoms with van der Waals surface area (Å²) in [6.07, 6.45) is 2.58. The van der Waals surface area contributed by atoms with E-state index in [0.29, 0.717) is 22.8 Å². The first kappa shape index (κ1) is 21.9. The molecule has 6 nitrogen and oxygen atoms in total. The molecule has 1 fully saturated rings. The van der Waals surface area contributed by atoms with Crippen LogP contribution in [0, 0.1) is 0 Å². The lowest BCUT2D eigenvalue weighted by atomic mass is 10.1. The molecule has 1 heterocycles. The van der Waals surface area contributed by atoms with Gasteiger partial charge in [0.2, 0.25) is 5.91 Å². The van der Waals surface area contributed by atoms with Gasteiger partial charge in [-0.2, -0.15) is 0 Å². The highest BCUT2D eigenvalue weighted by Gasteiger charge is 2.34. The predicted molar refractivity (Wildman–Crippen MR) is 118 cm³/mol. The van der Waals surface area contributed by atoms with Crippen LogP contribution in [-0.4, -0.2) is 42.2 Å². The lowest BCUT2D eigenvalue weighted by Crippen LogP contribution is -2.37. The summed E-state index contributed by atoms with van der Waals surface area (Å²) in [6.45, 7) is 0.352. The van der Waals surface area contributed by atoms with Crippen molar-refractivity contribution in [3.63, 3.8) is 0 Å². The molecule has 1 aliphatic rings. The summed E-state index contributed by atoms with van der Waals surface area (Å²) in [6, 6.07) is 14.5. The van der Waals surface area contributed by atoms with Gasteiger partial charge in [0.15, 0.2) is 0 Å². The number of imide groups is 1. The van der Waals surface area contributed by atoms with Crippen LogP contribution in [-0.2, 0) is 16.0 Å². The minimum atomic E-state index is -0.354. The first-order valence-electron chi connectivity index (χ1n) is 9.37. The summed E-state index contributed by atoms with van der Waals surface area (Å²) in [4.78, 5) is 38.2. The average molecular weight is 445 g/mol. The molecule has 0 spiro atoms. The van der Waals surface area contributed by atoms with Gasteiger partial charge in [-0.15, -0.1) is 0 Å². The Kier molecular flexibility index (Phi) is 7.54. The van der Waals surface area contributed by atoms with Gasteiger partial charge in [0, 0.05) is 24.5 Å². The standard InChI is InChI=1S/C22H21ClN2O4S/c1-29-18-9-4-15(5-10-18)6-11-20(26)24-12-13-25-21(27)19(30-22(25)28)14-16-2-7-17(23)8-3-16/h2-5,7-10,14H,6,11-13H2,1H3,(H,24,26)/b19-14-. The third kappa shape index (κ3) is 5.87. The fourth-order valence-electron chi connectivity index (χ4n) is 2.85. The van der Waals surface area contributed by atoms with Gasteiger partial charge in [0.05, 0.1) is 12.0 Å². The van der Waals surface area contributed by atoms with E-state index >= 15 is 0 Å². The highest BCUT2D eigenvalue weighted by molar-refractivity contribution is 8.18. The summed E-state index contributed by atoms with van der Waals surface area (Å²) in [5.41, 5.74) is 1.82. The second kappa shape index (κ2) is 10.3. The van der Waals surface area contributed by atoms with Gasteiger partial charge in [0.1, 0.15) is 5.75 Å². The third-order valence-electron chi connectivity index (χ3n) is 4.50. The predicted octanol–water partition coefficient (Wildman–Crippen LogP) is 4.13. The van der Waals surface area contributed by atoms with Crippen LogP contribution in [0.1, 0.15) is 17.5 Å². The van der Waals surface area contributed by atoms with Crippen LogP contribution in [0.5, 0.6) is 5.75 Å². The summed E-state index contributed by atoms with van der Waals surface area (Å²) < 4.78 is 5.11. The normalized spacial score (nSPS) is 15.0. The Bertz CT molecular complexity index is 958. The number of benzene rings is 2. The molecule has 3 rings (SSSR count). The molecule has 8 heteroatoms. The first-order chi connectivity index (χ1) is 14.5. The summed E-state index contributed by atoms with van der Waals surface area (Å²) >= 11 is 6.75. The number of halogens is 1. The van der Waals surface area contributed by atoms with E-state index in [1.54, 1.807) is 37.5 Å². The second-order valence-corrected chi connectivity index (χ2v) is 8.01. The Hall–Kier alpha value is -2.77. The van der Waals surface area contributed by atoms with E-state index in [1.165, 1.54) is 0 Å². The van der Waals surface area contributed by atoms with Crippen LogP contribution >= 0.6 is 23.4 Å². The fourth-order valence-corrected chi connectivity index (χ4v) is 3.84. The SMILES string of the molecule is COc1ccc(CCC(=O)NCCN2C(=O)S/C(=C\c3ccc(Cl)cc3)C2=O)cc1. The summed E-state index contributed by atoms with van der Waals surface area (Å²) in [5.74, 6) is 0.285. The van der Waals surface area contributed by atoms with E-state index in [0.717, 1.165) is 33.5 Å². The van der Waals surface area contributed by atoms with Gasteiger partial charge in [-0.1, -0.05) is 35.9 Å². The Balaban J connectivity index is 1.45. The Morgan fingerprint density at radius 1 is 1.13 bits per heavy atom. The number of rotatable bonds is 8. The van der Waals surface area contributed by atoms with Crippen LogP contribution < -0.4 is 10.1 Å². The van der Waals surface area contributed by atoms with Crippen LogP contribution in [0.25, 0.3) is 6.08 Å².